The third kappa shape index (κ3) is 2.12. The predicted octanol–water partition coefficient (Wildman–Crippen LogP) is 2.83. The molecule has 2 atom stereocenters. The molecule has 1 unspecified atom stereocenters. The first-order valence-electron chi connectivity index (χ1n) is 6.65. The molecule has 2 nitrogen and oxygen atoms in total. The van der Waals surface area contributed by atoms with Crippen LogP contribution in [0.25, 0.3) is 0 Å². The summed E-state index contributed by atoms with van der Waals surface area (Å²) in [6, 6.07) is 9.24. The molecule has 1 aromatic rings. The number of hydrogen-bond acceptors (Lipinski definition) is 2. The minimum Gasteiger partial charge on any atom is -0.366 e. The second-order valence-electron chi connectivity index (χ2n) is 5.88. The van der Waals surface area contributed by atoms with Gasteiger partial charge in [-0.15, -0.1) is 0 Å². The maximum atomic E-state index is 6.32. The van der Waals surface area contributed by atoms with E-state index in [1.54, 1.807) is 0 Å². The molecule has 3 rings (SSSR count). The van der Waals surface area contributed by atoms with Crippen LogP contribution in [-0.4, -0.2) is 18.2 Å². The quantitative estimate of drug-likeness (QED) is 0.802. The Labute approximate surface area is 103 Å². The minimum atomic E-state index is -0.0384. The summed E-state index contributed by atoms with van der Waals surface area (Å²) in [7, 11) is 0. The zero-order valence-corrected chi connectivity index (χ0v) is 10.7. The fraction of sp³-hybridized carbons (Fsp3) is 0.600. The molecule has 0 aromatic heterocycles. The highest BCUT2D eigenvalue weighted by Crippen LogP contribution is 2.39. The molecule has 1 aromatic carbocycles. The van der Waals surface area contributed by atoms with E-state index in [1.807, 2.05) is 0 Å². The fourth-order valence-electron chi connectivity index (χ4n) is 3.15. The van der Waals surface area contributed by atoms with Crippen LogP contribution in [0, 0.1) is 0 Å². The number of hydrogen-bond donors (Lipinski definition) is 1. The molecule has 2 heterocycles. The van der Waals surface area contributed by atoms with Crippen molar-refractivity contribution in [3.8, 4) is 0 Å². The second-order valence-corrected chi connectivity index (χ2v) is 5.88. The van der Waals surface area contributed by atoms with Gasteiger partial charge in [0, 0.05) is 12.5 Å². The molecule has 1 fully saturated rings. The first-order chi connectivity index (χ1) is 8.16. The van der Waals surface area contributed by atoms with Gasteiger partial charge in [-0.1, -0.05) is 24.3 Å². The zero-order chi connectivity index (χ0) is 11.9. The van der Waals surface area contributed by atoms with E-state index in [0.29, 0.717) is 6.04 Å². The van der Waals surface area contributed by atoms with Crippen LogP contribution in [0.3, 0.4) is 0 Å². The van der Waals surface area contributed by atoms with Crippen LogP contribution in [0.15, 0.2) is 24.3 Å². The van der Waals surface area contributed by atoms with Crippen LogP contribution in [0.2, 0.25) is 0 Å². The van der Waals surface area contributed by atoms with Gasteiger partial charge in [0.15, 0.2) is 0 Å². The van der Waals surface area contributed by atoms with Crippen LogP contribution >= 0.6 is 0 Å². The van der Waals surface area contributed by atoms with Gasteiger partial charge in [0.1, 0.15) is 0 Å². The lowest BCUT2D eigenvalue weighted by molar-refractivity contribution is -0.0969. The highest BCUT2D eigenvalue weighted by molar-refractivity contribution is 5.33. The van der Waals surface area contributed by atoms with Crippen LogP contribution in [-0.2, 0) is 11.2 Å². The molecular weight excluding hydrogens is 210 g/mol. The van der Waals surface area contributed by atoms with E-state index >= 15 is 0 Å². The summed E-state index contributed by atoms with van der Waals surface area (Å²) in [5.41, 5.74) is 2.82. The van der Waals surface area contributed by atoms with Gasteiger partial charge in [-0.05, 0) is 44.4 Å². The van der Waals surface area contributed by atoms with E-state index in [4.69, 9.17) is 4.74 Å². The van der Waals surface area contributed by atoms with Crippen LogP contribution in [0.1, 0.15) is 43.9 Å². The molecule has 0 radical (unpaired) electrons. The summed E-state index contributed by atoms with van der Waals surface area (Å²) in [6.45, 7) is 5.53. The average molecular weight is 231 g/mol. The molecule has 0 amide bonds. The summed E-state index contributed by atoms with van der Waals surface area (Å²) in [5, 5.41) is 3.58. The van der Waals surface area contributed by atoms with Crippen molar-refractivity contribution in [3.63, 3.8) is 0 Å². The number of rotatable bonds is 1. The number of benzene rings is 1. The van der Waals surface area contributed by atoms with Gasteiger partial charge in [-0.2, -0.15) is 0 Å². The standard InChI is InChI=1S/C15H21NO/c1-15(2)10-11-6-3-4-7-12(11)14(17-15)13-8-5-9-16-13/h3-4,6-7,13-14,16H,5,8-10H2,1-2H3/t13?,14-/m0/s1. The van der Waals surface area contributed by atoms with Gasteiger partial charge in [0.2, 0.25) is 0 Å². The molecule has 1 saturated heterocycles. The van der Waals surface area contributed by atoms with E-state index in [-0.39, 0.29) is 11.7 Å². The highest BCUT2D eigenvalue weighted by Gasteiger charge is 2.37. The minimum absolute atomic E-state index is 0.0384. The van der Waals surface area contributed by atoms with Crippen molar-refractivity contribution in [1.29, 1.82) is 0 Å². The number of nitrogens with one attached hydrogen (secondary N) is 1. The lowest BCUT2D eigenvalue weighted by Crippen LogP contribution is -2.41. The third-order valence-corrected chi connectivity index (χ3v) is 3.89. The molecule has 92 valence electrons. The Kier molecular flexibility index (Phi) is 2.72. The van der Waals surface area contributed by atoms with Gasteiger partial charge in [-0.3, -0.25) is 0 Å². The molecular formula is C15H21NO. The van der Waals surface area contributed by atoms with Crippen molar-refractivity contribution in [2.24, 2.45) is 0 Å². The van der Waals surface area contributed by atoms with Gasteiger partial charge in [0.05, 0.1) is 11.7 Å². The SMILES string of the molecule is CC1(C)Cc2ccccc2[C@@H](C2CCCN2)O1. The molecule has 0 bridgehead atoms. The fourth-order valence-corrected chi connectivity index (χ4v) is 3.15. The lowest BCUT2D eigenvalue weighted by Gasteiger charge is -2.40. The Morgan fingerprint density at radius 1 is 1.29 bits per heavy atom. The summed E-state index contributed by atoms with van der Waals surface area (Å²) in [6.07, 6.45) is 3.76. The van der Waals surface area contributed by atoms with Crippen LogP contribution in [0.5, 0.6) is 0 Å². The van der Waals surface area contributed by atoms with Crippen molar-refractivity contribution >= 4 is 0 Å². The largest absolute Gasteiger partial charge is 0.366 e. The zero-order valence-electron chi connectivity index (χ0n) is 10.7. The monoisotopic (exact) mass is 231 g/mol. The third-order valence-electron chi connectivity index (χ3n) is 3.89. The van der Waals surface area contributed by atoms with Crippen molar-refractivity contribution in [1.82, 2.24) is 5.32 Å². The molecule has 17 heavy (non-hydrogen) atoms. The van der Waals surface area contributed by atoms with Gasteiger partial charge in [-0.25, -0.2) is 0 Å². The molecule has 0 aliphatic carbocycles. The van der Waals surface area contributed by atoms with Crippen molar-refractivity contribution in [2.75, 3.05) is 6.54 Å². The van der Waals surface area contributed by atoms with Gasteiger partial charge < -0.3 is 10.1 Å². The Morgan fingerprint density at radius 2 is 2.12 bits per heavy atom. The maximum Gasteiger partial charge on any atom is 0.0987 e. The summed E-state index contributed by atoms with van der Waals surface area (Å²) in [5.74, 6) is 0. The number of fused-ring (bicyclic) bond motifs is 1. The second kappa shape index (κ2) is 4.11. The topological polar surface area (TPSA) is 21.3 Å². The predicted molar refractivity (Wildman–Crippen MR) is 69.1 cm³/mol. The van der Waals surface area contributed by atoms with E-state index < -0.39 is 0 Å². The van der Waals surface area contributed by atoms with Crippen LogP contribution < -0.4 is 5.32 Å². The van der Waals surface area contributed by atoms with E-state index in [1.165, 1.54) is 24.0 Å². The summed E-state index contributed by atoms with van der Waals surface area (Å²) in [4.78, 5) is 0. The van der Waals surface area contributed by atoms with E-state index in [0.717, 1.165) is 13.0 Å². The summed E-state index contributed by atoms with van der Waals surface area (Å²) < 4.78 is 6.32. The molecule has 1 N–H and O–H groups in total. The van der Waals surface area contributed by atoms with E-state index in [2.05, 4.69) is 43.4 Å². The first-order valence-corrected chi connectivity index (χ1v) is 6.65. The van der Waals surface area contributed by atoms with Crippen LogP contribution in [0.4, 0.5) is 0 Å². The maximum absolute atomic E-state index is 6.32. The molecule has 0 spiro atoms. The van der Waals surface area contributed by atoms with Gasteiger partial charge >= 0.3 is 0 Å². The highest BCUT2D eigenvalue weighted by atomic mass is 16.5. The normalized spacial score (nSPS) is 31.2. The summed E-state index contributed by atoms with van der Waals surface area (Å²) >= 11 is 0. The molecule has 0 saturated carbocycles. The van der Waals surface area contributed by atoms with Crippen molar-refractivity contribution < 1.29 is 4.74 Å². The molecule has 2 aliphatic rings. The average Bonchev–Trinajstić information content (AvgIpc) is 2.80. The Bertz CT molecular complexity index is 407. The number of ether oxygens (including phenoxy) is 1. The smallest absolute Gasteiger partial charge is 0.0987 e. The first kappa shape index (κ1) is 11.2. The Morgan fingerprint density at radius 3 is 2.88 bits per heavy atom. The Hall–Kier alpha value is -0.860. The van der Waals surface area contributed by atoms with Crippen molar-refractivity contribution in [2.45, 2.75) is 50.9 Å². The van der Waals surface area contributed by atoms with Crippen molar-refractivity contribution in [3.05, 3.63) is 35.4 Å². The molecule has 2 heteroatoms. The molecule has 2 aliphatic heterocycles. The van der Waals surface area contributed by atoms with Gasteiger partial charge in [0.25, 0.3) is 0 Å². The lowest BCUT2D eigenvalue weighted by atomic mass is 9.86. The Balaban J connectivity index is 1.97. The van der Waals surface area contributed by atoms with E-state index in [9.17, 15) is 0 Å².